The molecule has 0 fully saturated rings. The number of nitrogens with zero attached hydrogens (tertiary/aromatic N) is 1. The highest BCUT2D eigenvalue weighted by Gasteiger charge is 2.31. The van der Waals surface area contributed by atoms with Gasteiger partial charge in [-0.3, -0.25) is 0 Å². The Morgan fingerprint density at radius 3 is 1.70 bits per heavy atom. The molecule has 0 spiro atoms. The van der Waals surface area contributed by atoms with E-state index >= 15 is 0 Å². The minimum absolute atomic E-state index is 0. The van der Waals surface area contributed by atoms with Crippen LogP contribution in [0.25, 0.3) is 0 Å². The van der Waals surface area contributed by atoms with E-state index in [0.29, 0.717) is 6.61 Å². The van der Waals surface area contributed by atoms with Crippen molar-refractivity contribution in [3.8, 4) is 0 Å². The summed E-state index contributed by atoms with van der Waals surface area (Å²) < 4.78 is 6.66. The van der Waals surface area contributed by atoms with Gasteiger partial charge in [-0.1, -0.05) is 60.7 Å². The maximum atomic E-state index is 11.3. The minimum atomic E-state index is -1.12. The van der Waals surface area contributed by atoms with Crippen molar-refractivity contribution in [3.63, 3.8) is 0 Å². The van der Waals surface area contributed by atoms with Crippen LogP contribution in [0.15, 0.2) is 60.7 Å². The molecular weight excluding hydrogens is 401 g/mol. The Morgan fingerprint density at radius 1 is 0.870 bits per heavy atom. The molecule has 0 atom stereocenters. The molecule has 3 nitrogen and oxygen atoms in total. The molecule has 0 unspecified atom stereocenters. The van der Waals surface area contributed by atoms with Crippen LogP contribution in [0.3, 0.4) is 0 Å². The normalized spacial score (nSPS) is 11.8. The van der Waals surface area contributed by atoms with E-state index in [1.165, 1.54) is 0 Å². The van der Waals surface area contributed by atoms with E-state index in [-0.39, 0.29) is 30.6 Å². The van der Waals surface area contributed by atoms with Crippen molar-refractivity contribution in [1.29, 1.82) is 0 Å². The molecule has 0 bridgehead atoms. The van der Waals surface area contributed by atoms with E-state index in [4.69, 9.17) is 4.74 Å². The number of quaternary nitrogens is 1. The second-order valence-corrected chi connectivity index (χ2v) is 6.66. The molecule has 2 aromatic rings. The van der Waals surface area contributed by atoms with Crippen molar-refractivity contribution >= 4 is 0 Å². The van der Waals surface area contributed by atoms with E-state index in [2.05, 4.69) is 21.1 Å². The van der Waals surface area contributed by atoms with Crippen LogP contribution in [-0.4, -0.2) is 50.5 Å². The Bertz CT molecular complexity index is 527. The maximum Gasteiger partial charge on any atom is 0.138 e. The van der Waals surface area contributed by atoms with Gasteiger partial charge >= 0.3 is 0 Å². The molecule has 0 aromatic heterocycles. The summed E-state index contributed by atoms with van der Waals surface area (Å²) in [5.41, 5.74) is 0.589. The molecule has 0 aliphatic heterocycles. The molecule has 2 rings (SSSR count). The first-order valence-electron chi connectivity index (χ1n) is 7.63. The molecule has 0 amide bonds. The van der Waals surface area contributed by atoms with Crippen molar-refractivity contribution < 1.29 is 38.3 Å². The lowest BCUT2D eigenvalue weighted by Gasteiger charge is -2.30. The van der Waals surface area contributed by atoms with Gasteiger partial charge in [-0.2, -0.15) is 0 Å². The number of hydrogen-bond donors (Lipinski definition) is 1. The van der Waals surface area contributed by atoms with E-state index in [9.17, 15) is 5.11 Å². The van der Waals surface area contributed by atoms with Crippen molar-refractivity contribution in [2.45, 2.75) is 5.60 Å². The summed E-state index contributed by atoms with van der Waals surface area (Å²) in [4.78, 5) is 0. The fourth-order valence-corrected chi connectivity index (χ4v) is 2.32. The molecule has 2 aromatic carbocycles. The van der Waals surface area contributed by atoms with E-state index in [0.717, 1.165) is 22.2 Å². The summed E-state index contributed by atoms with van der Waals surface area (Å²) in [5, 5.41) is 11.3. The first kappa shape index (κ1) is 20.1. The van der Waals surface area contributed by atoms with Gasteiger partial charge in [0.25, 0.3) is 0 Å². The zero-order valence-electron chi connectivity index (χ0n) is 14.1. The Labute approximate surface area is 156 Å². The topological polar surface area (TPSA) is 29.5 Å². The molecular formula is C19H26INO2. The molecule has 23 heavy (non-hydrogen) atoms. The monoisotopic (exact) mass is 427 g/mol. The molecule has 0 saturated heterocycles. The molecule has 0 aliphatic rings. The molecule has 0 aliphatic carbocycles. The Morgan fingerprint density at radius 2 is 1.30 bits per heavy atom. The van der Waals surface area contributed by atoms with E-state index in [1.54, 1.807) is 0 Å². The highest BCUT2D eigenvalue weighted by Crippen LogP contribution is 2.29. The molecule has 0 heterocycles. The molecule has 4 heteroatoms. The van der Waals surface area contributed by atoms with Crippen LogP contribution < -0.4 is 24.0 Å². The fourth-order valence-electron chi connectivity index (χ4n) is 2.32. The van der Waals surface area contributed by atoms with Gasteiger partial charge in [0, 0.05) is 0 Å². The van der Waals surface area contributed by atoms with Gasteiger partial charge in [0.2, 0.25) is 0 Å². The van der Waals surface area contributed by atoms with Gasteiger partial charge in [0.1, 0.15) is 12.1 Å². The number of hydrogen-bond acceptors (Lipinski definition) is 2. The average molecular weight is 427 g/mol. The largest absolute Gasteiger partial charge is 1.00 e. The number of aliphatic hydroxyl groups is 1. The Balaban J connectivity index is 0.00000264. The first-order valence-corrected chi connectivity index (χ1v) is 7.63. The molecule has 126 valence electrons. The van der Waals surface area contributed by atoms with Gasteiger partial charge in [-0.25, -0.2) is 0 Å². The number of ether oxygens (including phenoxy) is 1. The Hall–Kier alpha value is -0.950. The number of halogens is 1. The van der Waals surface area contributed by atoms with Crippen LogP contribution in [0.2, 0.25) is 0 Å². The van der Waals surface area contributed by atoms with Crippen molar-refractivity contribution in [1.82, 2.24) is 0 Å². The molecule has 0 saturated carbocycles. The maximum absolute atomic E-state index is 11.3. The lowest BCUT2D eigenvalue weighted by Crippen LogP contribution is -3.00. The minimum Gasteiger partial charge on any atom is -1.00 e. The standard InChI is InChI=1S/C19H26NO2.HI/c1-20(2,3)14-15-22-16-19(21,17-10-6-4-7-11-17)18-12-8-5-9-13-18;/h4-13,21H,14-16H2,1-3H3;1H/q+1;/p-1. The van der Waals surface area contributed by atoms with Crippen LogP contribution in [0.5, 0.6) is 0 Å². The average Bonchev–Trinajstić information content (AvgIpc) is 2.52. The van der Waals surface area contributed by atoms with Gasteiger partial charge in [0.15, 0.2) is 0 Å². The van der Waals surface area contributed by atoms with Gasteiger partial charge in [-0.05, 0) is 11.1 Å². The van der Waals surface area contributed by atoms with Crippen LogP contribution in [0, 0.1) is 0 Å². The van der Waals surface area contributed by atoms with E-state index < -0.39 is 5.60 Å². The number of benzene rings is 2. The summed E-state index contributed by atoms with van der Waals surface area (Å²) in [6.45, 7) is 1.77. The summed E-state index contributed by atoms with van der Waals surface area (Å²) in [6, 6.07) is 19.4. The molecule has 0 radical (unpaired) electrons. The fraction of sp³-hybridized carbons (Fsp3) is 0.368. The molecule has 1 N–H and O–H groups in total. The van der Waals surface area contributed by atoms with Crippen LogP contribution in [0.4, 0.5) is 0 Å². The van der Waals surface area contributed by atoms with Gasteiger partial charge < -0.3 is 38.3 Å². The quantitative estimate of drug-likeness (QED) is 0.372. The van der Waals surface area contributed by atoms with Crippen molar-refractivity contribution in [2.75, 3.05) is 40.9 Å². The highest BCUT2D eigenvalue weighted by molar-refractivity contribution is 5.35. The SMILES string of the molecule is C[N+](C)(C)CCOCC(O)(c1ccccc1)c1ccccc1.[I-]. The first-order chi connectivity index (χ1) is 10.4. The van der Waals surface area contributed by atoms with Crippen molar-refractivity contribution in [3.05, 3.63) is 71.8 Å². The van der Waals surface area contributed by atoms with Crippen molar-refractivity contribution in [2.24, 2.45) is 0 Å². The second kappa shape index (κ2) is 8.78. The van der Waals surface area contributed by atoms with Crippen LogP contribution in [-0.2, 0) is 10.3 Å². The third kappa shape index (κ3) is 5.88. The van der Waals surface area contributed by atoms with Gasteiger partial charge in [-0.15, -0.1) is 0 Å². The zero-order valence-corrected chi connectivity index (χ0v) is 16.2. The third-order valence-corrected chi connectivity index (χ3v) is 3.72. The summed E-state index contributed by atoms with van der Waals surface area (Å²) in [7, 11) is 6.39. The number of likely N-dealkylation sites (N-methyl/N-ethyl adjacent to an activating group) is 1. The highest BCUT2D eigenvalue weighted by atomic mass is 127. The van der Waals surface area contributed by atoms with Crippen LogP contribution in [0.1, 0.15) is 11.1 Å². The predicted molar refractivity (Wildman–Crippen MR) is 89.6 cm³/mol. The zero-order chi connectivity index (χ0) is 16.1. The summed E-state index contributed by atoms with van der Waals surface area (Å²) in [5.74, 6) is 0. The Kier molecular flexibility index (Phi) is 7.67. The van der Waals surface area contributed by atoms with E-state index in [1.807, 2.05) is 60.7 Å². The number of rotatable bonds is 7. The summed E-state index contributed by atoms with van der Waals surface area (Å²) >= 11 is 0. The van der Waals surface area contributed by atoms with Gasteiger partial charge in [0.05, 0.1) is 34.4 Å². The summed E-state index contributed by atoms with van der Waals surface area (Å²) in [6.07, 6.45) is 0. The van der Waals surface area contributed by atoms with Crippen LogP contribution >= 0.6 is 0 Å². The lowest BCUT2D eigenvalue weighted by atomic mass is 9.87. The second-order valence-electron chi connectivity index (χ2n) is 6.66. The smallest absolute Gasteiger partial charge is 0.138 e. The third-order valence-electron chi connectivity index (χ3n) is 3.72. The lowest BCUT2D eigenvalue weighted by molar-refractivity contribution is -0.870. The predicted octanol–water partition coefficient (Wildman–Crippen LogP) is -0.351.